The van der Waals surface area contributed by atoms with Crippen LogP contribution >= 0.6 is 0 Å². The first-order valence-electron chi connectivity index (χ1n) is 5.96. The SMILES string of the molecule is C=C[C@H](O)[C@H](CCCO)NCc1ccccc1. The van der Waals surface area contributed by atoms with Gasteiger partial charge in [0.15, 0.2) is 0 Å². The standard InChI is InChI=1S/C14H21NO2/c1-2-14(17)13(9-6-10-16)15-11-12-7-4-3-5-8-12/h2-5,7-8,13-17H,1,6,9-11H2/t13-,14-/m0/s1. The summed E-state index contributed by atoms with van der Waals surface area (Å²) in [6, 6.07) is 9.98. The highest BCUT2D eigenvalue weighted by Crippen LogP contribution is 2.06. The maximum Gasteiger partial charge on any atom is 0.0871 e. The van der Waals surface area contributed by atoms with E-state index in [1.165, 1.54) is 11.6 Å². The van der Waals surface area contributed by atoms with Crippen molar-refractivity contribution in [3.63, 3.8) is 0 Å². The van der Waals surface area contributed by atoms with E-state index in [1.54, 1.807) is 0 Å². The Morgan fingerprint density at radius 3 is 2.59 bits per heavy atom. The van der Waals surface area contributed by atoms with Crippen LogP contribution in [0.5, 0.6) is 0 Å². The van der Waals surface area contributed by atoms with E-state index in [-0.39, 0.29) is 12.6 Å². The van der Waals surface area contributed by atoms with E-state index >= 15 is 0 Å². The molecular weight excluding hydrogens is 214 g/mol. The van der Waals surface area contributed by atoms with E-state index in [4.69, 9.17) is 5.11 Å². The zero-order valence-electron chi connectivity index (χ0n) is 10.0. The van der Waals surface area contributed by atoms with Gasteiger partial charge in [-0.25, -0.2) is 0 Å². The molecule has 0 saturated carbocycles. The van der Waals surface area contributed by atoms with Gasteiger partial charge < -0.3 is 15.5 Å². The number of rotatable bonds is 8. The Kier molecular flexibility index (Phi) is 6.55. The van der Waals surface area contributed by atoms with Gasteiger partial charge in [-0.1, -0.05) is 36.4 Å². The number of aliphatic hydroxyl groups excluding tert-OH is 2. The van der Waals surface area contributed by atoms with E-state index < -0.39 is 6.10 Å². The highest BCUT2D eigenvalue weighted by Gasteiger charge is 2.14. The second-order valence-corrected chi connectivity index (χ2v) is 4.07. The summed E-state index contributed by atoms with van der Waals surface area (Å²) in [6.45, 7) is 4.45. The van der Waals surface area contributed by atoms with Crippen molar-refractivity contribution in [3.8, 4) is 0 Å². The van der Waals surface area contributed by atoms with Crippen LogP contribution in [0.2, 0.25) is 0 Å². The van der Waals surface area contributed by atoms with Crippen LogP contribution < -0.4 is 5.32 Å². The average molecular weight is 235 g/mol. The van der Waals surface area contributed by atoms with Gasteiger partial charge in [0.2, 0.25) is 0 Å². The average Bonchev–Trinajstić information content (AvgIpc) is 2.39. The van der Waals surface area contributed by atoms with Crippen molar-refractivity contribution >= 4 is 0 Å². The minimum atomic E-state index is -0.578. The molecule has 0 heterocycles. The molecule has 0 spiro atoms. The molecule has 0 radical (unpaired) electrons. The molecular formula is C14H21NO2. The van der Waals surface area contributed by atoms with Crippen LogP contribution in [0.4, 0.5) is 0 Å². The van der Waals surface area contributed by atoms with Gasteiger partial charge in [0.25, 0.3) is 0 Å². The zero-order chi connectivity index (χ0) is 12.5. The van der Waals surface area contributed by atoms with Crippen molar-refractivity contribution in [1.29, 1.82) is 0 Å². The Hall–Kier alpha value is -1.16. The molecule has 0 unspecified atom stereocenters. The van der Waals surface area contributed by atoms with Gasteiger partial charge in [-0.2, -0.15) is 0 Å². The third kappa shape index (κ3) is 5.13. The fraction of sp³-hybridized carbons (Fsp3) is 0.429. The Bertz CT molecular complexity index is 313. The van der Waals surface area contributed by atoms with Crippen molar-refractivity contribution in [2.45, 2.75) is 31.5 Å². The molecule has 1 aromatic carbocycles. The first-order valence-corrected chi connectivity index (χ1v) is 5.96. The van der Waals surface area contributed by atoms with Crippen LogP contribution in [0.1, 0.15) is 18.4 Å². The highest BCUT2D eigenvalue weighted by atomic mass is 16.3. The van der Waals surface area contributed by atoms with Crippen LogP contribution in [0.3, 0.4) is 0 Å². The second-order valence-electron chi connectivity index (χ2n) is 4.07. The van der Waals surface area contributed by atoms with Gasteiger partial charge >= 0.3 is 0 Å². The molecule has 0 aromatic heterocycles. The van der Waals surface area contributed by atoms with Crippen molar-refractivity contribution in [2.75, 3.05) is 6.61 Å². The molecule has 1 rings (SSSR count). The Balaban J connectivity index is 2.45. The predicted octanol–water partition coefficient (Wildman–Crippen LogP) is 1.46. The minimum Gasteiger partial charge on any atom is -0.396 e. The van der Waals surface area contributed by atoms with Gasteiger partial charge in [-0.05, 0) is 18.4 Å². The second kappa shape index (κ2) is 8.01. The molecule has 1 aromatic rings. The molecule has 0 amide bonds. The van der Waals surface area contributed by atoms with E-state index in [0.717, 1.165) is 6.42 Å². The summed E-state index contributed by atoms with van der Waals surface area (Å²) in [5.74, 6) is 0. The molecule has 3 heteroatoms. The maximum atomic E-state index is 9.76. The zero-order valence-corrected chi connectivity index (χ0v) is 10.0. The molecule has 17 heavy (non-hydrogen) atoms. The van der Waals surface area contributed by atoms with Crippen LogP contribution in [0.15, 0.2) is 43.0 Å². The van der Waals surface area contributed by atoms with E-state index in [9.17, 15) is 5.11 Å². The summed E-state index contributed by atoms with van der Waals surface area (Å²) in [7, 11) is 0. The maximum absolute atomic E-state index is 9.76. The van der Waals surface area contributed by atoms with Gasteiger partial charge in [-0.3, -0.25) is 0 Å². The predicted molar refractivity (Wildman–Crippen MR) is 69.6 cm³/mol. The first-order chi connectivity index (χ1) is 8.27. The van der Waals surface area contributed by atoms with Gasteiger partial charge in [0.05, 0.1) is 6.10 Å². The van der Waals surface area contributed by atoms with Gasteiger partial charge in [-0.15, -0.1) is 6.58 Å². The van der Waals surface area contributed by atoms with E-state index in [2.05, 4.69) is 11.9 Å². The Labute approximate surface area is 103 Å². The normalized spacial score (nSPS) is 14.2. The minimum absolute atomic E-state index is 0.0557. The number of hydrogen-bond acceptors (Lipinski definition) is 3. The third-order valence-corrected chi connectivity index (χ3v) is 2.74. The lowest BCUT2D eigenvalue weighted by atomic mass is 10.0. The van der Waals surface area contributed by atoms with Crippen LogP contribution in [-0.4, -0.2) is 29.0 Å². The van der Waals surface area contributed by atoms with Gasteiger partial charge in [0, 0.05) is 19.2 Å². The molecule has 3 N–H and O–H groups in total. The van der Waals surface area contributed by atoms with Crippen molar-refractivity contribution in [3.05, 3.63) is 48.6 Å². The molecule has 3 nitrogen and oxygen atoms in total. The Morgan fingerprint density at radius 1 is 1.29 bits per heavy atom. The summed E-state index contributed by atoms with van der Waals surface area (Å²) >= 11 is 0. The number of aliphatic hydroxyl groups is 2. The lowest BCUT2D eigenvalue weighted by molar-refractivity contribution is 0.157. The fourth-order valence-electron chi connectivity index (χ4n) is 1.71. The quantitative estimate of drug-likeness (QED) is 0.598. The lowest BCUT2D eigenvalue weighted by Crippen LogP contribution is -2.38. The summed E-state index contributed by atoms with van der Waals surface area (Å²) in [5.41, 5.74) is 1.18. The molecule has 2 atom stereocenters. The summed E-state index contributed by atoms with van der Waals surface area (Å²) in [6.07, 6.45) is 2.36. The van der Waals surface area contributed by atoms with Crippen LogP contribution in [-0.2, 0) is 6.54 Å². The van der Waals surface area contributed by atoms with Crippen molar-refractivity contribution < 1.29 is 10.2 Å². The lowest BCUT2D eigenvalue weighted by Gasteiger charge is -2.21. The summed E-state index contributed by atoms with van der Waals surface area (Å²) < 4.78 is 0. The monoisotopic (exact) mass is 235 g/mol. The van der Waals surface area contributed by atoms with Gasteiger partial charge in [0.1, 0.15) is 0 Å². The smallest absolute Gasteiger partial charge is 0.0871 e. The number of benzene rings is 1. The molecule has 0 fully saturated rings. The van der Waals surface area contributed by atoms with E-state index in [0.29, 0.717) is 13.0 Å². The van der Waals surface area contributed by atoms with E-state index in [1.807, 2.05) is 30.3 Å². The third-order valence-electron chi connectivity index (χ3n) is 2.74. The number of nitrogens with one attached hydrogen (secondary N) is 1. The first kappa shape index (κ1) is 13.9. The van der Waals surface area contributed by atoms with Crippen molar-refractivity contribution in [1.82, 2.24) is 5.32 Å². The van der Waals surface area contributed by atoms with Crippen LogP contribution in [0.25, 0.3) is 0 Å². The summed E-state index contributed by atoms with van der Waals surface area (Å²) in [5, 5.41) is 21.9. The fourth-order valence-corrected chi connectivity index (χ4v) is 1.71. The topological polar surface area (TPSA) is 52.5 Å². The molecule has 0 bridgehead atoms. The molecule has 0 saturated heterocycles. The molecule has 0 aliphatic heterocycles. The van der Waals surface area contributed by atoms with Crippen LogP contribution in [0, 0.1) is 0 Å². The summed E-state index contributed by atoms with van der Waals surface area (Å²) in [4.78, 5) is 0. The number of hydrogen-bond donors (Lipinski definition) is 3. The van der Waals surface area contributed by atoms with Crippen molar-refractivity contribution in [2.24, 2.45) is 0 Å². The molecule has 0 aliphatic rings. The Morgan fingerprint density at radius 2 is 2.00 bits per heavy atom. The largest absolute Gasteiger partial charge is 0.396 e. The molecule has 94 valence electrons. The highest BCUT2D eigenvalue weighted by molar-refractivity contribution is 5.14. The molecule has 0 aliphatic carbocycles.